The van der Waals surface area contributed by atoms with Gasteiger partial charge < -0.3 is 14.4 Å². The summed E-state index contributed by atoms with van der Waals surface area (Å²) in [6.45, 7) is 0.136. The Morgan fingerprint density at radius 3 is 2.36 bits per heavy atom. The number of halogens is 1. The molecule has 9 heteroatoms. The lowest BCUT2D eigenvalue weighted by Gasteiger charge is -2.25. The van der Waals surface area contributed by atoms with Gasteiger partial charge in [0.05, 0.1) is 21.5 Å². The van der Waals surface area contributed by atoms with E-state index >= 15 is 0 Å². The summed E-state index contributed by atoms with van der Waals surface area (Å²) in [4.78, 5) is 27.5. The summed E-state index contributed by atoms with van der Waals surface area (Å²) >= 11 is 6.06. The molecule has 0 saturated heterocycles. The fraction of sp³-hybridized carbons (Fsp3) is 0.212. The quantitative estimate of drug-likeness (QED) is 0.145. The van der Waals surface area contributed by atoms with E-state index in [9.17, 15) is 20.0 Å². The van der Waals surface area contributed by atoms with Crippen molar-refractivity contribution in [2.24, 2.45) is 0 Å². The largest absolute Gasteiger partial charge is 0.489 e. The number of nitrogens with zero attached hydrogens (tertiary/aromatic N) is 3. The number of carbonyl (C=O) groups is 1. The maximum Gasteiger partial charge on any atom is 0.335 e. The lowest BCUT2D eigenvalue weighted by molar-refractivity contribution is -0.384. The number of nitro benzene ring substituents is 1. The molecule has 0 radical (unpaired) electrons. The van der Waals surface area contributed by atoms with Crippen molar-refractivity contribution in [2.45, 2.75) is 44.8 Å². The van der Waals surface area contributed by atoms with Crippen molar-refractivity contribution in [3.05, 3.63) is 111 Å². The number of imidazole rings is 1. The number of carboxylic acid groups (broad SMARTS) is 1. The highest BCUT2D eigenvalue weighted by atomic mass is 35.5. The van der Waals surface area contributed by atoms with Crippen molar-refractivity contribution in [3.8, 4) is 28.3 Å². The van der Waals surface area contributed by atoms with Crippen LogP contribution in [0.3, 0.4) is 0 Å². The van der Waals surface area contributed by atoms with Gasteiger partial charge in [-0.05, 0) is 84.6 Å². The molecule has 5 aromatic rings. The number of ether oxygens (including phenoxy) is 1. The zero-order chi connectivity index (χ0) is 29.2. The Morgan fingerprint density at radius 1 is 0.952 bits per heavy atom. The molecule has 0 atom stereocenters. The number of aromatic nitrogens is 2. The van der Waals surface area contributed by atoms with E-state index in [0.29, 0.717) is 27.9 Å². The Morgan fingerprint density at radius 2 is 1.67 bits per heavy atom. The van der Waals surface area contributed by atoms with Crippen LogP contribution in [0.5, 0.6) is 5.75 Å². The van der Waals surface area contributed by atoms with Gasteiger partial charge in [0.1, 0.15) is 18.2 Å². The molecule has 0 spiro atoms. The molecule has 1 heterocycles. The van der Waals surface area contributed by atoms with E-state index in [1.54, 1.807) is 30.3 Å². The third kappa shape index (κ3) is 5.58. The second-order valence-corrected chi connectivity index (χ2v) is 11.0. The Labute approximate surface area is 247 Å². The van der Waals surface area contributed by atoms with Crippen molar-refractivity contribution in [1.82, 2.24) is 9.55 Å². The Kier molecular flexibility index (Phi) is 7.63. The molecule has 4 aromatic carbocycles. The SMILES string of the molecule is O=C(O)c1ccc2c(c1)nc(-c1ccc(OCc3cc([N+](=O)[O-])ccc3-c3ccc(Cl)cc3)cc1)n2C1CCCCC1. The zero-order valence-corrected chi connectivity index (χ0v) is 23.5. The average molecular weight is 582 g/mol. The molecule has 0 amide bonds. The van der Waals surface area contributed by atoms with Gasteiger partial charge in [-0.3, -0.25) is 10.1 Å². The van der Waals surface area contributed by atoms with Gasteiger partial charge in [-0.1, -0.05) is 43.0 Å². The topological polar surface area (TPSA) is 107 Å². The molecule has 0 aliphatic heterocycles. The minimum absolute atomic E-state index is 0.00525. The van der Waals surface area contributed by atoms with Crippen molar-refractivity contribution in [1.29, 1.82) is 0 Å². The Hall–Kier alpha value is -4.69. The number of aromatic carboxylic acids is 1. The number of nitro groups is 1. The number of non-ortho nitro benzene ring substituents is 1. The lowest BCUT2D eigenvalue weighted by atomic mass is 9.95. The van der Waals surface area contributed by atoms with Crippen LogP contribution in [0.2, 0.25) is 5.02 Å². The number of rotatable bonds is 8. The van der Waals surface area contributed by atoms with E-state index in [2.05, 4.69) is 4.57 Å². The molecule has 1 N–H and O–H groups in total. The molecule has 8 nitrogen and oxygen atoms in total. The Balaban J connectivity index is 1.30. The van der Waals surface area contributed by atoms with E-state index in [1.165, 1.54) is 18.6 Å². The van der Waals surface area contributed by atoms with Gasteiger partial charge in [-0.15, -0.1) is 0 Å². The van der Waals surface area contributed by atoms with Gasteiger partial charge in [0, 0.05) is 34.3 Å². The van der Waals surface area contributed by atoms with Crippen LogP contribution >= 0.6 is 11.6 Å². The number of benzene rings is 4. The molecular weight excluding hydrogens is 554 g/mol. The highest BCUT2D eigenvalue weighted by Gasteiger charge is 2.23. The van der Waals surface area contributed by atoms with Crippen LogP contribution in [0.4, 0.5) is 5.69 Å². The fourth-order valence-electron chi connectivity index (χ4n) is 5.73. The van der Waals surface area contributed by atoms with Crippen LogP contribution in [-0.4, -0.2) is 25.6 Å². The maximum absolute atomic E-state index is 11.6. The minimum atomic E-state index is -0.977. The van der Waals surface area contributed by atoms with Crippen LogP contribution in [0.15, 0.2) is 84.9 Å². The van der Waals surface area contributed by atoms with E-state index < -0.39 is 10.9 Å². The van der Waals surface area contributed by atoms with E-state index in [4.69, 9.17) is 21.3 Å². The molecule has 1 aliphatic rings. The van der Waals surface area contributed by atoms with Crippen LogP contribution in [0.25, 0.3) is 33.5 Å². The van der Waals surface area contributed by atoms with Gasteiger partial charge in [0.25, 0.3) is 5.69 Å². The fourth-order valence-corrected chi connectivity index (χ4v) is 5.86. The predicted octanol–water partition coefficient (Wildman–Crippen LogP) is 8.71. The second kappa shape index (κ2) is 11.7. The van der Waals surface area contributed by atoms with Gasteiger partial charge in [0.2, 0.25) is 0 Å². The lowest BCUT2D eigenvalue weighted by Crippen LogP contribution is -2.14. The standard InChI is InChI=1S/C33H28ClN3O5/c34-25-11-6-21(7-12-25)29-16-13-27(37(40)41)18-24(29)20-42-28-14-8-22(9-15-28)32-35-30-19-23(33(38)39)10-17-31(30)36(32)26-4-2-1-3-5-26/h6-19,26H,1-5,20H2,(H,38,39). The first-order valence-corrected chi connectivity index (χ1v) is 14.3. The highest BCUT2D eigenvalue weighted by molar-refractivity contribution is 6.30. The average Bonchev–Trinajstić information content (AvgIpc) is 3.40. The van der Waals surface area contributed by atoms with Gasteiger partial charge >= 0.3 is 5.97 Å². The summed E-state index contributed by atoms with van der Waals surface area (Å²) < 4.78 is 8.37. The van der Waals surface area contributed by atoms with Crippen molar-refractivity contribution < 1.29 is 19.6 Å². The van der Waals surface area contributed by atoms with Crippen LogP contribution in [-0.2, 0) is 6.61 Å². The zero-order valence-electron chi connectivity index (χ0n) is 22.7. The van der Waals surface area contributed by atoms with Gasteiger partial charge in [-0.2, -0.15) is 0 Å². The summed E-state index contributed by atoms with van der Waals surface area (Å²) in [6, 6.07) is 25.1. The summed E-state index contributed by atoms with van der Waals surface area (Å²) in [5, 5.41) is 21.6. The summed E-state index contributed by atoms with van der Waals surface area (Å²) in [5.74, 6) is 0.436. The molecule has 1 aromatic heterocycles. The van der Waals surface area contributed by atoms with Gasteiger partial charge in [-0.25, -0.2) is 9.78 Å². The van der Waals surface area contributed by atoms with Crippen LogP contribution < -0.4 is 4.74 Å². The van der Waals surface area contributed by atoms with Crippen LogP contribution in [0, 0.1) is 10.1 Å². The monoisotopic (exact) mass is 581 g/mol. The van der Waals surface area contributed by atoms with E-state index in [-0.39, 0.29) is 17.9 Å². The molecule has 212 valence electrons. The first-order chi connectivity index (χ1) is 20.4. The molecule has 1 aliphatic carbocycles. The normalized spacial score (nSPS) is 13.7. The summed E-state index contributed by atoms with van der Waals surface area (Å²) in [6.07, 6.45) is 5.63. The molecule has 1 fully saturated rings. The number of carboxylic acids is 1. The van der Waals surface area contributed by atoms with E-state index in [1.807, 2.05) is 42.5 Å². The third-order valence-electron chi connectivity index (χ3n) is 7.84. The molecule has 42 heavy (non-hydrogen) atoms. The van der Waals surface area contributed by atoms with Crippen LogP contribution in [0.1, 0.15) is 54.1 Å². The smallest absolute Gasteiger partial charge is 0.335 e. The second-order valence-electron chi connectivity index (χ2n) is 10.5. The van der Waals surface area contributed by atoms with Crippen molar-refractivity contribution >= 4 is 34.3 Å². The molecular formula is C33H28ClN3O5. The first-order valence-electron chi connectivity index (χ1n) is 13.9. The first kappa shape index (κ1) is 27.5. The number of fused-ring (bicyclic) bond motifs is 1. The molecule has 1 saturated carbocycles. The number of hydrogen-bond acceptors (Lipinski definition) is 5. The van der Waals surface area contributed by atoms with Crippen molar-refractivity contribution in [2.75, 3.05) is 0 Å². The minimum Gasteiger partial charge on any atom is -0.489 e. The Bertz CT molecular complexity index is 1770. The summed E-state index contributed by atoms with van der Waals surface area (Å²) in [7, 11) is 0. The molecule has 0 unspecified atom stereocenters. The predicted molar refractivity (Wildman–Crippen MR) is 162 cm³/mol. The van der Waals surface area contributed by atoms with Gasteiger partial charge in [0.15, 0.2) is 0 Å². The molecule has 6 rings (SSSR count). The third-order valence-corrected chi connectivity index (χ3v) is 8.09. The summed E-state index contributed by atoms with van der Waals surface area (Å²) in [5.41, 5.74) is 5.10. The maximum atomic E-state index is 11.6. The van der Waals surface area contributed by atoms with E-state index in [0.717, 1.165) is 53.7 Å². The number of hydrogen-bond donors (Lipinski definition) is 1. The van der Waals surface area contributed by atoms with Crippen molar-refractivity contribution in [3.63, 3.8) is 0 Å². The molecule has 0 bridgehead atoms. The highest BCUT2D eigenvalue weighted by Crippen LogP contribution is 2.37.